The average Bonchev–Trinajstić information content (AvgIpc) is 2.63. The predicted octanol–water partition coefficient (Wildman–Crippen LogP) is 4.43. The zero-order valence-electron chi connectivity index (χ0n) is 14.3. The molecular weight excluding hydrogens is 314 g/mol. The number of thioether (sulfide) groups is 1. The molecule has 3 rings (SSSR count). The quantitative estimate of drug-likeness (QED) is 0.726. The second kappa shape index (κ2) is 8.50. The Bertz CT molecular complexity index is 663. The monoisotopic (exact) mass is 339 g/mol. The molecule has 2 nitrogen and oxygen atoms in total. The van der Waals surface area contributed by atoms with E-state index in [4.69, 9.17) is 0 Å². The van der Waals surface area contributed by atoms with Crippen molar-refractivity contribution in [1.82, 2.24) is 4.90 Å². The molecule has 2 aromatic carbocycles. The third-order valence-corrected chi connectivity index (χ3v) is 5.69. The van der Waals surface area contributed by atoms with E-state index in [1.165, 1.54) is 16.0 Å². The van der Waals surface area contributed by atoms with Crippen LogP contribution in [0.15, 0.2) is 59.5 Å². The largest absolute Gasteiger partial charge is 0.299 e. The van der Waals surface area contributed by atoms with Gasteiger partial charge in [-0.1, -0.05) is 48.5 Å². The van der Waals surface area contributed by atoms with Crippen molar-refractivity contribution in [2.24, 2.45) is 5.92 Å². The molecule has 0 aromatic heterocycles. The Labute approximate surface area is 149 Å². The molecule has 0 amide bonds. The molecule has 1 aliphatic heterocycles. The first-order chi connectivity index (χ1) is 11.8. The summed E-state index contributed by atoms with van der Waals surface area (Å²) in [4.78, 5) is 16.4. The van der Waals surface area contributed by atoms with Crippen molar-refractivity contribution in [3.05, 3.63) is 65.7 Å². The highest BCUT2D eigenvalue weighted by Crippen LogP contribution is 2.25. The zero-order chi connectivity index (χ0) is 16.8. The lowest BCUT2D eigenvalue weighted by atomic mass is 9.89. The molecule has 0 aliphatic carbocycles. The molecule has 1 fully saturated rings. The van der Waals surface area contributed by atoms with Crippen molar-refractivity contribution >= 4 is 17.5 Å². The van der Waals surface area contributed by atoms with Crippen LogP contribution in [0.4, 0.5) is 0 Å². The molecule has 1 saturated heterocycles. The Morgan fingerprint density at radius 2 is 1.71 bits per heavy atom. The van der Waals surface area contributed by atoms with Gasteiger partial charge in [-0.3, -0.25) is 9.69 Å². The van der Waals surface area contributed by atoms with Gasteiger partial charge in [0.1, 0.15) is 5.78 Å². The first-order valence-electron chi connectivity index (χ1n) is 8.67. The molecule has 0 N–H and O–H groups in total. The number of rotatable bonds is 6. The second-order valence-electron chi connectivity index (χ2n) is 6.49. The molecule has 3 heteroatoms. The van der Waals surface area contributed by atoms with Crippen molar-refractivity contribution in [3.63, 3.8) is 0 Å². The van der Waals surface area contributed by atoms with Crippen LogP contribution in [0.2, 0.25) is 0 Å². The minimum Gasteiger partial charge on any atom is -0.299 e. The summed E-state index contributed by atoms with van der Waals surface area (Å²) in [5.74, 6) is 0.641. The van der Waals surface area contributed by atoms with Crippen LogP contribution >= 0.6 is 11.8 Å². The van der Waals surface area contributed by atoms with E-state index < -0.39 is 0 Å². The van der Waals surface area contributed by atoms with Gasteiger partial charge in [0, 0.05) is 23.8 Å². The summed E-state index contributed by atoms with van der Waals surface area (Å²) < 4.78 is 0. The van der Waals surface area contributed by atoms with Crippen molar-refractivity contribution < 1.29 is 4.79 Å². The Morgan fingerprint density at radius 1 is 1.04 bits per heavy atom. The van der Waals surface area contributed by atoms with E-state index in [1.54, 1.807) is 11.8 Å². The van der Waals surface area contributed by atoms with E-state index in [0.29, 0.717) is 12.2 Å². The van der Waals surface area contributed by atoms with Crippen LogP contribution in [0.3, 0.4) is 0 Å². The molecule has 0 unspecified atom stereocenters. The molecule has 0 spiro atoms. The second-order valence-corrected chi connectivity index (χ2v) is 7.34. The highest BCUT2D eigenvalue weighted by molar-refractivity contribution is 7.98. The topological polar surface area (TPSA) is 20.3 Å². The van der Waals surface area contributed by atoms with E-state index in [0.717, 1.165) is 32.5 Å². The van der Waals surface area contributed by atoms with Crippen molar-refractivity contribution in [3.8, 4) is 0 Å². The van der Waals surface area contributed by atoms with Crippen LogP contribution < -0.4 is 0 Å². The zero-order valence-corrected chi connectivity index (χ0v) is 15.1. The smallest absolute Gasteiger partial charge is 0.140 e. The summed E-state index contributed by atoms with van der Waals surface area (Å²) in [6, 6.07) is 18.9. The third kappa shape index (κ3) is 4.49. The van der Waals surface area contributed by atoms with Crippen molar-refractivity contribution in [1.29, 1.82) is 0 Å². The van der Waals surface area contributed by atoms with Gasteiger partial charge in [0.15, 0.2) is 0 Å². The van der Waals surface area contributed by atoms with Crippen LogP contribution in [0.25, 0.3) is 0 Å². The van der Waals surface area contributed by atoms with Gasteiger partial charge < -0.3 is 0 Å². The lowest BCUT2D eigenvalue weighted by molar-refractivity contribution is -0.123. The number of hydrogen-bond acceptors (Lipinski definition) is 3. The lowest BCUT2D eigenvalue weighted by Crippen LogP contribution is -2.36. The number of carbonyl (C=O) groups excluding carboxylic acids is 1. The van der Waals surface area contributed by atoms with E-state index in [1.807, 2.05) is 12.1 Å². The van der Waals surface area contributed by atoms with Gasteiger partial charge in [-0.2, -0.15) is 0 Å². The molecule has 1 heterocycles. The summed E-state index contributed by atoms with van der Waals surface area (Å²) in [6.07, 6.45) is 4.64. The van der Waals surface area contributed by atoms with Crippen LogP contribution in [0, 0.1) is 5.92 Å². The first kappa shape index (κ1) is 17.2. The number of piperidine rings is 1. The van der Waals surface area contributed by atoms with E-state index in [2.05, 4.69) is 53.6 Å². The summed E-state index contributed by atoms with van der Waals surface area (Å²) in [5.41, 5.74) is 2.54. The van der Waals surface area contributed by atoms with Gasteiger partial charge in [-0.05, 0) is 49.4 Å². The number of benzene rings is 2. The van der Waals surface area contributed by atoms with Crippen LogP contribution in [0.5, 0.6) is 0 Å². The molecule has 24 heavy (non-hydrogen) atoms. The van der Waals surface area contributed by atoms with E-state index in [-0.39, 0.29) is 5.92 Å². The van der Waals surface area contributed by atoms with Gasteiger partial charge in [-0.15, -0.1) is 11.8 Å². The van der Waals surface area contributed by atoms with E-state index in [9.17, 15) is 4.79 Å². The Kier molecular flexibility index (Phi) is 6.11. The fraction of sp³-hybridized carbons (Fsp3) is 0.381. The highest BCUT2D eigenvalue weighted by Gasteiger charge is 2.25. The third-order valence-electron chi connectivity index (χ3n) is 4.85. The minimum absolute atomic E-state index is 0.229. The molecule has 126 valence electrons. The Balaban J connectivity index is 1.52. The van der Waals surface area contributed by atoms with E-state index >= 15 is 0 Å². The molecule has 0 atom stereocenters. The standard InChI is InChI=1S/C21H25NOS/c1-24-21-10-6-5-9-19(21)15-20(23)18-11-13-22(14-12-18)16-17-7-3-2-4-8-17/h2-10,18H,11-16H2,1H3. The number of carbonyl (C=O) groups is 1. The molecule has 2 aromatic rings. The van der Waals surface area contributed by atoms with Crippen molar-refractivity contribution in [2.75, 3.05) is 19.3 Å². The Hall–Kier alpha value is -1.58. The highest BCUT2D eigenvalue weighted by atomic mass is 32.2. The number of Topliss-reactive ketones (excluding diaryl/α,β-unsaturated/α-hetero) is 1. The van der Waals surface area contributed by atoms with Crippen LogP contribution in [-0.4, -0.2) is 30.0 Å². The maximum Gasteiger partial charge on any atom is 0.140 e. The number of nitrogens with zero attached hydrogens (tertiary/aromatic N) is 1. The lowest BCUT2D eigenvalue weighted by Gasteiger charge is -2.31. The van der Waals surface area contributed by atoms with Gasteiger partial charge in [0.25, 0.3) is 0 Å². The average molecular weight is 340 g/mol. The normalized spacial score (nSPS) is 16.2. The molecule has 0 saturated carbocycles. The minimum atomic E-state index is 0.229. The van der Waals surface area contributed by atoms with Gasteiger partial charge in [-0.25, -0.2) is 0 Å². The summed E-state index contributed by atoms with van der Waals surface area (Å²) in [5, 5.41) is 0. The van der Waals surface area contributed by atoms with Crippen LogP contribution in [0.1, 0.15) is 24.0 Å². The molecule has 1 aliphatic rings. The number of ketones is 1. The molecule has 0 radical (unpaired) electrons. The molecule has 0 bridgehead atoms. The maximum absolute atomic E-state index is 12.7. The predicted molar refractivity (Wildman–Crippen MR) is 101 cm³/mol. The van der Waals surface area contributed by atoms with Crippen LogP contribution in [-0.2, 0) is 17.8 Å². The number of hydrogen-bond donors (Lipinski definition) is 0. The fourth-order valence-corrected chi connectivity index (χ4v) is 4.05. The van der Waals surface area contributed by atoms with Gasteiger partial charge in [0.05, 0.1) is 0 Å². The summed E-state index contributed by atoms with van der Waals surface area (Å²) >= 11 is 1.73. The summed E-state index contributed by atoms with van der Waals surface area (Å²) in [6.45, 7) is 3.04. The fourth-order valence-electron chi connectivity index (χ4n) is 3.44. The summed E-state index contributed by atoms with van der Waals surface area (Å²) in [7, 11) is 0. The first-order valence-corrected chi connectivity index (χ1v) is 9.89. The Morgan fingerprint density at radius 3 is 2.42 bits per heavy atom. The van der Waals surface area contributed by atoms with Crippen molar-refractivity contribution in [2.45, 2.75) is 30.7 Å². The number of likely N-dealkylation sites (tertiary alicyclic amines) is 1. The van der Waals surface area contributed by atoms with Gasteiger partial charge in [0.2, 0.25) is 0 Å². The van der Waals surface area contributed by atoms with Gasteiger partial charge >= 0.3 is 0 Å². The molecular formula is C21H25NOS. The maximum atomic E-state index is 12.7. The SMILES string of the molecule is CSc1ccccc1CC(=O)C1CCN(Cc2ccccc2)CC1.